The highest BCUT2D eigenvalue weighted by atomic mass is 19.4. The van der Waals surface area contributed by atoms with Crippen molar-refractivity contribution in [3.63, 3.8) is 0 Å². The van der Waals surface area contributed by atoms with Crippen molar-refractivity contribution in [1.82, 2.24) is 10.6 Å². The van der Waals surface area contributed by atoms with E-state index in [0.29, 0.717) is 25.9 Å². The fraction of sp³-hybridized carbons (Fsp3) is 0.923. The molecule has 3 nitrogen and oxygen atoms in total. The van der Waals surface area contributed by atoms with Gasteiger partial charge in [0.05, 0.1) is 5.92 Å². The molecule has 2 N–H and O–H groups in total. The molecule has 0 aromatic rings. The van der Waals surface area contributed by atoms with Crippen molar-refractivity contribution < 1.29 is 18.0 Å². The number of carbonyl (C=O) groups excluding carboxylic acids is 1. The van der Waals surface area contributed by atoms with Gasteiger partial charge in [-0.05, 0) is 12.8 Å². The SMILES string of the molecule is CC(C)C(=O)NCCNC1CCCCC1C(F)(F)F. The number of hydrogen-bond acceptors (Lipinski definition) is 2. The summed E-state index contributed by atoms with van der Waals surface area (Å²) in [5.74, 6) is -1.42. The molecule has 0 aromatic carbocycles. The Morgan fingerprint density at radius 3 is 2.42 bits per heavy atom. The van der Waals surface area contributed by atoms with Crippen molar-refractivity contribution in [2.45, 2.75) is 51.7 Å². The van der Waals surface area contributed by atoms with Gasteiger partial charge in [0, 0.05) is 25.0 Å². The second-order valence-electron chi connectivity index (χ2n) is 5.44. The molecule has 112 valence electrons. The maximum atomic E-state index is 12.8. The quantitative estimate of drug-likeness (QED) is 0.760. The molecule has 2 atom stereocenters. The Hall–Kier alpha value is -0.780. The van der Waals surface area contributed by atoms with Gasteiger partial charge < -0.3 is 10.6 Å². The van der Waals surface area contributed by atoms with Crippen molar-refractivity contribution in [2.24, 2.45) is 11.8 Å². The number of halogens is 3. The number of hydrogen-bond donors (Lipinski definition) is 2. The maximum absolute atomic E-state index is 12.8. The molecule has 1 fully saturated rings. The average molecular weight is 280 g/mol. The summed E-state index contributed by atoms with van der Waals surface area (Å²) in [6, 6.07) is -0.510. The number of alkyl halides is 3. The Morgan fingerprint density at radius 2 is 1.84 bits per heavy atom. The van der Waals surface area contributed by atoms with Crippen molar-refractivity contribution in [3.05, 3.63) is 0 Å². The largest absolute Gasteiger partial charge is 0.393 e. The lowest BCUT2D eigenvalue weighted by atomic mass is 9.84. The number of rotatable bonds is 5. The van der Waals surface area contributed by atoms with E-state index < -0.39 is 18.1 Å². The van der Waals surface area contributed by atoms with Crippen LogP contribution in [0.4, 0.5) is 13.2 Å². The molecule has 1 aliphatic rings. The van der Waals surface area contributed by atoms with Gasteiger partial charge in [-0.3, -0.25) is 4.79 Å². The Kier molecular flexibility index (Phi) is 6.10. The van der Waals surface area contributed by atoms with Crippen LogP contribution in [0.5, 0.6) is 0 Å². The third-order valence-corrected chi connectivity index (χ3v) is 3.54. The molecule has 0 spiro atoms. The lowest BCUT2D eigenvalue weighted by molar-refractivity contribution is -0.188. The fourth-order valence-electron chi connectivity index (χ4n) is 2.41. The van der Waals surface area contributed by atoms with Crippen LogP contribution in [0.2, 0.25) is 0 Å². The highest BCUT2D eigenvalue weighted by molar-refractivity contribution is 5.77. The van der Waals surface area contributed by atoms with Gasteiger partial charge >= 0.3 is 6.18 Å². The first-order valence-electron chi connectivity index (χ1n) is 6.90. The fourth-order valence-corrected chi connectivity index (χ4v) is 2.41. The molecule has 2 unspecified atom stereocenters. The average Bonchev–Trinajstić information content (AvgIpc) is 2.33. The monoisotopic (exact) mass is 280 g/mol. The van der Waals surface area contributed by atoms with E-state index in [1.54, 1.807) is 13.8 Å². The first-order valence-corrected chi connectivity index (χ1v) is 6.90. The minimum atomic E-state index is -4.13. The summed E-state index contributed by atoms with van der Waals surface area (Å²) in [5.41, 5.74) is 0. The van der Waals surface area contributed by atoms with E-state index >= 15 is 0 Å². The molecular weight excluding hydrogens is 257 g/mol. The molecule has 0 radical (unpaired) electrons. The molecule has 1 amide bonds. The maximum Gasteiger partial charge on any atom is 0.393 e. The van der Waals surface area contributed by atoms with Gasteiger partial charge in [-0.25, -0.2) is 0 Å². The molecule has 1 aliphatic carbocycles. The van der Waals surface area contributed by atoms with Gasteiger partial charge in [0.25, 0.3) is 0 Å². The predicted octanol–water partition coefficient (Wildman–Crippen LogP) is 2.47. The molecular formula is C13H23F3N2O. The summed E-state index contributed by atoms with van der Waals surface area (Å²) in [4.78, 5) is 11.3. The molecule has 6 heteroatoms. The predicted molar refractivity (Wildman–Crippen MR) is 67.7 cm³/mol. The Morgan fingerprint density at radius 1 is 1.21 bits per heavy atom. The zero-order chi connectivity index (χ0) is 14.5. The minimum absolute atomic E-state index is 0.0715. The normalized spacial score (nSPS) is 24.5. The van der Waals surface area contributed by atoms with Crippen LogP contribution < -0.4 is 10.6 Å². The lowest BCUT2D eigenvalue weighted by Crippen LogP contribution is -2.47. The highest BCUT2D eigenvalue weighted by Crippen LogP contribution is 2.37. The van der Waals surface area contributed by atoms with Crippen molar-refractivity contribution in [1.29, 1.82) is 0 Å². The standard InChI is InChI=1S/C13H23F3N2O/c1-9(2)12(19)18-8-7-17-11-6-4-3-5-10(11)13(14,15)16/h9-11,17H,3-8H2,1-2H3,(H,18,19). The smallest absolute Gasteiger partial charge is 0.355 e. The Labute approximate surface area is 112 Å². The van der Waals surface area contributed by atoms with Crippen LogP contribution in [0.25, 0.3) is 0 Å². The van der Waals surface area contributed by atoms with E-state index in [4.69, 9.17) is 0 Å². The summed E-state index contributed by atoms with van der Waals surface area (Å²) < 4.78 is 38.5. The van der Waals surface area contributed by atoms with E-state index in [9.17, 15) is 18.0 Å². The van der Waals surface area contributed by atoms with Gasteiger partial charge in [-0.1, -0.05) is 26.7 Å². The van der Waals surface area contributed by atoms with E-state index in [-0.39, 0.29) is 18.2 Å². The number of amides is 1. The van der Waals surface area contributed by atoms with Gasteiger partial charge in [0.1, 0.15) is 0 Å². The first kappa shape index (κ1) is 16.3. The molecule has 0 bridgehead atoms. The van der Waals surface area contributed by atoms with Crippen LogP contribution in [-0.4, -0.2) is 31.2 Å². The molecule has 0 aromatic heterocycles. The van der Waals surface area contributed by atoms with Gasteiger partial charge in [0.2, 0.25) is 5.91 Å². The summed E-state index contributed by atoms with van der Waals surface area (Å²) in [6.07, 6.45) is -1.88. The number of carbonyl (C=O) groups is 1. The van der Waals surface area contributed by atoms with Crippen molar-refractivity contribution >= 4 is 5.91 Å². The third-order valence-electron chi connectivity index (χ3n) is 3.54. The second kappa shape index (κ2) is 7.12. The molecule has 1 saturated carbocycles. The van der Waals surface area contributed by atoms with E-state index in [0.717, 1.165) is 6.42 Å². The van der Waals surface area contributed by atoms with E-state index in [1.165, 1.54) is 0 Å². The van der Waals surface area contributed by atoms with Crippen molar-refractivity contribution in [3.8, 4) is 0 Å². The molecule has 0 aliphatic heterocycles. The van der Waals surface area contributed by atoms with Gasteiger partial charge in [-0.15, -0.1) is 0 Å². The van der Waals surface area contributed by atoms with Crippen LogP contribution in [0.3, 0.4) is 0 Å². The molecule has 0 heterocycles. The van der Waals surface area contributed by atoms with E-state index in [2.05, 4.69) is 10.6 Å². The summed E-state index contributed by atoms with van der Waals surface area (Å²) in [5, 5.41) is 5.63. The zero-order valence-corrected chi connectivity index (χ0v) is 11.5. The first-order chi connectivity index (χ1) is 8.82. The van der Waals surface area contributed by atoms with Crippen LogP contribution in [0.1, 0.15) is 39.5 Å². The van der Waals surface area contributed by atoms with Crippen molar-refractivity contribution in [2.75, 3.05) is 13.1 Å². The van der Waals surface area contributed by atoms with Crippen LogP contribution >= 0.6 is 0 Å². The second-order valence-corrected chi connectivity index (χ2v) is 5.44. The summed E-state index contributed by atoms with van der Waals surface area (Å²) >= 11 is 0. The highest BCUT2D eigenvalue weighted by Gasteiger charge is 2.45. The molecule has 19 heavy (non-hydrogen) atoms. The van der Waals surface area contributed by atoms with E-state index in [1.807, 2.05) is 0 Å². The topological polar surface area (TPSA) is 41.1 Å². The van der Waals surface area contributed by atoms with Gasteiger partial charge in [-0.2, -0.15) is 13.2 Å². The molecule has 0 saturated heterocycles. The lowest BCUT2D eigenvalue weighted by Gasteiger charge is -2.33. The Balaban J connectivity index is 2.32. The summed E-state index contributed by atoms with van der Waals surface area (Å²) in [7, 11) is 0. The zero-order valence-electron chi connectivity index (χ0n) is 11.5. The third kappa shape index (κ3) is 5.38. The van der Waals surface area contributed by atoms with Crippen LogP contribution in [0, 0.1) is 11.8 Å². The Bertz CT molecular complexity index is 292. The molecule has 1 rings (SSSR count). The summed E-state index contributed by atoms with van der Waals surface area (Å²) in [6.45, 7) is 4.32. The minimum Gasteiger partial charge on any atom is -0.355 e. The van der Waals surface area contributed by atoms with Crippen LogP contribution in [0.15, 0.2) is 0 Å². The van der Waals surface area contributed by atoms with Crippen LogP contribution in [-0.2, 0) is 4.79 Å². The number of nitrogens with one attached hydrogen (secondary N) is 2. The van der Waals surface area contributed by atoms with Gasteiger partial charge in [0.15, 0.2) is 0 Å².